The highest BCUT2D eigenvalue weighted by Crippen LogP contribution is 2.34. The Balaban J connectivity index is 1.52. The monoisotopic (exact) mass is 426 g/mol. The highest BCUT2D eigenvalue weighted by Gasteiger charge is 2.27. The first-order valence-electron chi connectivity index (χ1n) is 9.41. The predicted molar refractivity (Wildman–Crippen MR) is 119 cm³/mol. The van der Waals surface area contributed by atoms with E-state index in [0.29, 0.717) is 5.75 Å². The number of para-hydroxylation sites is 3. The number of aromatic nitrogens is 2. The molecule has 1 aliphatic heterocycles. The molecule has 1 aliphatic rings. The van der Waals surface area contributed by atoms with Gasteiger partial charge in [-0.1, -0.05) is 24.3 Å². The number of hydrogen-bond acceptors (Lipinski definition) is 5. The second kappa shape index (κ2) is 8.92. The predicted octanol–water partition coefficient (Wildman–Crippen LogP) is 3.61. The van der Waals surface area contributed by atoms with Crippen molar-refractivity contribution in [2.24, 2.45) is 0 Å². The van der Waals surface area contributed by atoms with Gasteiger partial charge in [0.2, 0.25) is 11.8 Å². The van der Waals surface area contributed by atoms with Gasteiger partial charge in [0, 0.05) is 4.90 Å². The van der Waals surface area contributed by atoms with Crippen LogP contribution < -0.4 is 10.2 Å². The van der Waals surface area contributed by atoms with E-state index in [9.17, 15) is 9.59 Å². The second-order valence-corrected chi connectivity index (χ2v) is 8.78. The number of rotatable bonds is 7. The van der Waals surface area contributed by atoms with Crippen molar-refractivity contribution in [1.82, 2.24) is 15.3 Å². The zero-order valence-electron chi connectivity index (χ0n) is 16.1. The van der Waals surface area contributed by atoms with E-state index in [1.165, 1.54) is 11.8 Å². The van der Waals surface area contributed by atoms with Crippen LogP contribution in [0.15, 0.2) is 53.4 Å². The quantitative estimate of drug-likeness (QED) is 0.603. The summed E-state index contributed by atoms with van der Waals surface area (Å²) in [6, 6.07) is 15.3. The Kier molecular flexibility index (Phi) is 6.10. The van der Waals surface area contributed by atoms with E-state index in [0.717, 1.165) is 39.6 Å². The molecule has 0 saturated carbocycles. The summed E-state index contributed by atoms with van der Waals surface area (Å²) in [5, 5.41) is 3.08. The number of carbonyl (C=O) groups is 2. The number of hydrogen-bond donors (Lipinski definition) is 2. The topological polar surface area (TPSA) is 78.1 Å². The smallest absolute Gasteiger partial charge is 0.240 e. The maximum absolute atomic E-state index is 12.9. The van der Waals surface area contributed by atoms with Gasteiger partial charge in [0.25, 0.3) is 0 Å². The van der Waals surface area contributed by atoms with Gasteiger partial charge in [0.1, 0.15) is 12.4 Å². The van der Waals surface area contributed by atoms with Crippen LogP contribution in [0.3, 0.4) is 0 Å². The number of aromatic amines is 1. The first-order chi connectivity index (χ1) is 14.2. The maximum atomic E-state index is 12.9. The van der Waals surface area contributed by atoms with Crippen LogP contribution in [0.1, 0.15) is 18.3 Å². The number of imidazole rings is 1. The van der Waals surface area contributed by atoms with Crippen LogP contribution in [0, 0.1) is 0 Å². The third kappa shape index (κ3) is 4.43. The van der Waals surface area contributed by atoms with Crippen LogP contribution in [0.25, 0.3) is 11.0 Å². The lowest BCUT2D eigenvalue weighted by Crippen LogP contribution is -2.44. The molecule has 0 spiro atoms. The lowest BCUT2D eigenvalue weighted by molar-refractivity contribution is -0.123. The van der Waals surface area contributed by atoms with Crippen molar-refractivity contribution in [3.05, 3.63) is 54.4 Å². The zero-order chi connectivity index (χ0) is 20.2. The molecule has 1 atom stereocenters. The van der Waals surface area contributed by atoms with Gasteiger partial charge in [-0.3, -0.25) is 9.59 Å². The van der Waals surface area contributed by atoms with Crippen LogP contribution >= 0.6 is 23.5 Å². The number of amides is 2. The Labute approximate surface area is 177 Å². The average Bonchev–Trinajstić information content (AvgIpc) is 3.17. The lowest BCUT2D eigenvalue weighted by atomic mass is 10.2. The zero-order valence-corrected chi connectivity index (χ0v) is 17.7. The van der Waals surface area contributed by atoms with Crippen molar-refractivity contribution in [3.63, 3.8) is 0 Å². The number of carbonyl (C=O) groups excluding carboxylic acids is 2. The summed E-state index contributed by atoms with van der Waals surface area (Å²) in [4.78, 5) is 35.9. The average molecular weight is 427 g/mol. The van der Waals surface area contributed by atoms with Crippen LogP contribution in [-0.4, -0.2) is 46.1 Å². The second-order valence-electron chi connectivity index (χ2n) is 6.78. The third-order valence-corrected chi connectivity index (χ3v) is 6.49. The van der Waals surface area contributed by atoms with E-state index in [1.54, 1.807) is 16.7 Å². The fourth-order valence-electron chi connectivity index (χ4n) is 3.36. The standard InChI is InChI=1S/C21H22N4O2S2/c1-28-11-10-16(21-23-14-6-2-3-7-15(14)24-21)22-19(26)12-25-17-8-4-5-9-18(17)29-13-20(25)27/h2-9,16H,10-13H2,1H3,(H,22,26)(H,23,24). The number of anilines is 1. The Morgan fingerprint density at radius 1 is 1.28 bits per heavy atom. The molecule has 2 heterocycles. The number of fused-ring (bicyclic) bond motifs is 2. The van der Waals surface area contributed by atoms with Crippen molar-refractivity contribution >= 4 is 52.1 Å². The normalized spacial score (nSPS) is 14.7. The summed E-state index contributed by atoms with van der Waals surface area (Å²) in [6.07, 6.45) is 2.80. The van der Waals surface area contributed by atoms with E-state index >= 15 is 0 Å². The van der Waals surface area contributed by atoms with Crippen LogP contribution in [0.4, 0.5) is 5.69 Å². The largest absolute Gasteiger partial charge is 0.345 e. The Morgan fingerprint density at radius 3 is 2.90 bits per heavy atom. The molecule has 0 radical (unpaired) electrons. The Morgan fingerprint density at radius 2 is 2.07 bits per heavy atom. The van der Waals surface area contributed by atoms with Crippen molar-refractivity contribution in [3.8, 4) is 0 Å². The minimum atomic E-state index is -0.230. The molecule has 1 aromatic heterocycles. The van der Waals surface area contributed by atoms with E-state index in [-0.39, 0.29) is 24.4 Å². The summed E-state index contributed by atoms with van der Waals surface area (Å²) in [7, 11) is 0. The molecule has 0 bridgehead atoms. The van der Waals surface area contributed by atoms with Gasteiger partial charge < -0.3 is 15.2 Å². The summed E-state index contributed by atoms with van der Waals surface area (Å²) < 4.78 is 0. The SMILES string of the molecule is CSCCC(NC(=O)CN1C(=O)CSc2ccccc21)c1nc2ccccc2[nH]1. The molecule has 0 aliphatic carbocycles. The van der Waals surface area contributed by atoms with Crippen LogP contribution in [-0.2, 0) is 9.59 Å². The molecule has 8 heteroatoms. The van der Waals surface area contributed by atoms with E-state index < -0.39 is 0 Å². The molecule has 150 valence electrons. The summed E-state index contributed by atoms with van der Waals surface area (Å²) in [6.45, 7) is 0.00635. The highest BCUT2D eigenvalue weighted by molar-refractivity contribution is 8.00. The molecular weight excluding hydrogens is 404 g/mol. The van der Waals surface area contributed by atoms with Gasteiger partial charge in [-0.15, -0.1) is 11.8 Å². The molecule has 2 amide bonds. The minimum absolute atomic E-state index is 0.00635. The van der Waals surface area contributed by atoms with E-state index in [1.807, 2.05) is 54.8 Å². The van der Waals surface area contributed by atoms with Crippen molar-refractivity contribution < 1.29 is 9.59 Å². The van der Waals surface area contributed by atoms with E-state index in [4.69, 9.17) is 0 Å². The maximum Gasteiger partial charge on any atom is 0.240 e. The summed E-state index contributed by atoms with van der Waals surface area (Å²) >= 11 is 3.24. The molecule has 0 fully saturated rings. The van der Waals surface area contributed by atoms with Crippen LogP contribution in [0.5, 0.6) is 0 Å². The summed E-state index contributed by atoms with van der Waals surface area (Å²) in [5.41, 5.74) is 2.62. The van der Waals surface area contributed by atoms with Gasteiger partial charge in [0.05, 0.1) is 28.5 Å². The van der Waals surface area contributed by atoms with Crippen LogP contribution in [0.2, 0.25) is 0 Å². The highest BCUT2D eigenvalue weighted by atomic mass is 32.2. The Bertz CT molecular complexity index is 1000. The first kappa shape index (κ1) is 19.8. The van der Waals surface area contributed by atoms with Gasteiger partial charge in [-0.25, -0.2) is 4.98 Å². The fraction of sp³-hybridized carbons (Fsp3) is 0.286. The molecule has 2 N–H and O–H groups in total. The van der Waals surface area contributed by atoms with Crippen molar-refractivity contribution in [2.75, 3.05) is 29.2 Å². The van der Waals surface area contributed by atoms with Gasteiger partial charge in [0.15, 0.2) is 0 Å². The molecule has 4 rings (SSSR count). The molecule has 0 saturated heterocycles. The number of nitrogens with zero attached hydrogens (tertiary/aromatic N) is 2. The van der Waals surface area contributed by atoms with E-state index in [2.05, 4.69) is 15.3 Å². The molecule has 6 nitrogen and oxygen atoms in total. The molecule has 1 unspecified atom stereocenters. The molecule has 29 heavy (non-hydrogen) atoms. The molecule has 3 aromatic rings. The summed E-state index contributed by atoms with van der Waals surface area (Å²) in [5.74, 6) is 1.75. The van der Waals surface area contributed by atoms with Gasteiger partial charge >= 0.3 is 0 Å². The number of nitrogens with one attached hydrogen (secondary N) is 2. The molecular formula is C21H22N4O2S2. The number of benzene rings is 2. The lowest BCUT2D eigenvalue weighted by Gasteiger charge is -2.29. The first-order valence-corrected chi connectivity index (χ1v) is 11.8. The van der Waals surface area contributed by atoms with Crippen molar-refractivity contribution in [1.29, 1.82) is 0 Å². The minimum Gasteiger partial charge on any atom is -0.345 e. The third-order valence-electron chi connectivity index (χ3n) is 4.79. The number of H-pyrrole nitrogens is 1. The van der Waals surface area contributed by atoms with Gasteiger partial charge in [-0.2, -0.15) is 11.8 Å². The fourth-order valence-corrected chi connectivity index (χ4v) is 4.77. The van der Waals surface area contributed by atoms with Gasteiger partial charge in [-0.05, 0) is 42.7 Å². The Hall–Kier alpha value is -2.45. The molecule has 2 aromatic carbocycles. The van der Waals surface area contributed by atoms with Crippen molar-refractivity contribution in [2.45, 2.75) is 17.4 Å². The number of thioether (sulfide) groups is 2.